The van der Waals surface area contributed by atoms with Crippen molar-refractivity contribution in [2.24, 2.45) is 5.73 Å². The van der Waals surface area contributed by atoms with E-state index in [1.165, 1.54) is 0 Å². The number of carbonyl (C=O) groups excluding carboxylic acids is 1. The van der Waals surface area contributed by atoms with Crippen LogP contribution in [0.3, 0.4) is 0 Å². The number of carbonyl (C=O) groups is 1. The van der Waals surface area contributed by atoms with Crippen molar-refractivity contribution in [3.05, 3.63) is 33.2 Å². The molecule has 0 aromatic carbocycles. The van der Waals surface area contributed by atoms with Crippen molar-refractivity contribution in [2.45, 2.75) is 12.8 Å². The number of aromatic amines is 1. The molecule has 1 aromatic heterocycles. The number of rotatable bonds is 2. The van der Waals surface area contributed by atoms with E-state index in [2.05, 4.69) is 5.73 Å². The minimum Gasteiger partial charge on any atom is -0.390 e. The van der Waals surface area contributed by atoms with Crippen LogP contribution in [0, 0.1) is 0 Å². The number of hydrogen-bond donors (Lipinski definition) is 3. The number of hydrogen-bond acceptors (Lipinski definition) is 3. The summed E-state index contributed by atoms with van der Waals surface area (Å²) in [6, 6.07) is 0.690. The molecule has 0 radical (unpaired) electrons. The third kappa shape index (κ3) is 2.22. The Hall–Kier alpha value is -1.83. The van der Waals surface area contributed by atoms with E-state index >= 15 is 0 Å². The van der Waals surface area contributed by atoms with Gasteiger partial charge < -0.3 is 15.8 Å². The summed E-state index contributed by atoms with van der Waals surface area (Å²) >= 11 is 0. The van der Waals surface area contributed by atoms with Crippen LogP contribution >= 0.6 is 0 Å². The van der Waals surface area contributed by atoms with Crippen molar-refractivity contribution in [3.8, 4) is 0 Å². The summed E-state index contributed by atoms with van der Waals surface area (Å²) in [5, 5.41) is 8.63. The lowest BCUT2D eigenvalue weighted by Crippen LogP contribution is -2.29. The molecule has 4 N–H and O–H groups in total. The molecule has 8 heteroatoms. The fourth-order valence-corrected chi connectivity index (χ4v) is 1.16. The van der Waals surface area contributed by atoms with E-state index in [0.717, 1.165) is 0 Å². The Kier molecular flexibility index (Phi) is 3.04. The fourth-order valence-electron chi connectivity index (χ4n) is 1.16. The van der Waals surface area contributed by atoms with Gasteiger partial charge >= 0.3 is 6.18 Å². The number of nitrogens with two attached hydrogens (primary N) is 1. The summed E-state index contributed by atoms with van der Waals surface area (Å²) in [6.45, 7) is -0.780. The minimum atomic E-state index is -4.92. The van der Waals surface area contributed by atoms with Gasteiger partial charge in [-0.1, -0.05) is 0 Å². The Bertz CT molecular complexity index is 478. The highest BCUT2D eigenvalue weighted by Crippen LogP contribution is 2.29. The van der Waals surface area contributed by atoms with Crippen molar-refractivity contribution in [3.63, 3.8) is 0 Å². The Labute approximate surface area is 86.7 Å². The Morgan fingerprint density at radius 1 is 1.50 bits per heavy atom. The van der Waals surface area contributed by atoms with Gasteiger partial charge in [0.15, 0.2) is 5.43 Å². The molecule has 0 aliphatic carbocycles. The smallest absolute Gasteiger partial charge is 0.390 e. The Morgan fingerprint density at radius 2 is 2.06 bits per heavy atom. The lowest BCUT2D eigenvalue weighted by Gasteiger charge is -2.11. The van der Waals surface area contributed by atoms with Gasteiger partial charge in [-0.15, -0.1) is 0 Å². The zero-order valence-corrected chi connectivity index (χ0v) is 7.76. The number of halogens is 3. The molecule has 0 spiro atoms. The average molecular weight is 236 g/mol. The number of aromatic nitrogens is 1. The second-order valence-corrected chi connectivity index (χ2v) is 2.93. The summed E-state index contributed by atoms with van der Waals surface area (Å²) in [5.41, 5.74) is 0.452. The molecule has 16 heavy (non-hydrogen) atoms. The molecule has 1 heterocycles. The summed E-state index contributed by atoms with van der Waals surface area (Å²) in [7, 11) is 0. The number of aliphatic hydroxyl groups is 1. The maximum atomic E-state index is 12.4. The highest BCUT2D eigenvalue weighted by atomic mass is 19.4. The zero-order valence-electron chi connectivity index (χ0n) is 7.76. The van der Waals surface area contributed by atoms with Crippen LogP contribution in [0.2, 0.25) is 0 Å². The summed E-state index contributed by atoms with van der Waals surface area (Å²) in [4.78, 5) is 23.7. The molecule has 0 saturated carbocycles. The molecule has 0 saturated heterocycles. The number of pyridine rings is 1. The quantitative estimate of drug-likeness (QED) is 0.673. The van der Waals surface area contributed by atoms with Crippen molar-refractivity contribution >= 4 is 5.91 Å². The van der Waals surface area contributed by atoms with Crippen LogP contribution in [-0.4, -0.2) is 16.0 Å². The predicted molar refractivity (Wildman–Crippen MR) is 46.5 cm³/mol. The van der Waals surface area contributed by atoms with Crippen LogP contribution < -0.4 is 11.2 Å². The van der Waals surface area contributed by atoms with Gasteiger partial charge in [-0.05, 0) is 0 Å². The lowest BCUT2D eigenvalue weighted by atomic mass is 10.1. The second-order valence-electron chi connectivity index (χ2n) is 2.93. The summed E-state index contributed by atoms with van der Waals surface area (Å²) in [6.07, 6.45) is -4.92. The van der Waals surface area contributed by atoms with Gasteiger partial charge in [0, 0.05) is 11.8 Å². The topological polar surface area (TPSA) is 96.2 Å². The van der Waals surface area contributed by atoms with Crippen molar-refractivity contribution in [1.29, 1.82) is 0 Å². The van der Waals surface area contributed by atoms with Gasteiger partial charge in [0.1, 0.15) is 11.3 Å². The molecule has 0 unspecified atom stereocenters. The highest BCUT2D eigenvalue weighted by molar-refractivity contribution is 5.93. The molecule has 0 aliphatic rings. The van der Waals surface area contributed by atoms with Crippen LogP contribution in [0.4, 0.5) is 13.2 Å². The van der Waals surface area contributed by atoms with E-state index in [1.807, 2.05) is 0 Å². The first-order chi connectivity index (χ1) is 7.27. The van der Waals surface area contributed by atoms with E-state index in [4.69, 9.17) is 5.11 Å². The van der Waals surface area contributed by atoms with Crippen LogP contribution in [0.15, 0.2) is 10.9 Å². The van der Waals surface area contributed by atoms with Crippen LogP contribution in [0.1, 0.15) is 21.7 Å². The zero-order chi connectivity index (χ0) is 12.5. The molecule has 1 amide bonds. The Balaban J connectivity index is 3.60. The minimum absolute atomic E-state index is 0.345. The fraction of sp³-hybridized carbons (Fsp3) is 0.250. The largest absolute Gasteiger partial charge is 0.432 e. The molecule has 0 aliphatic heterocycles. The number of primary amides is 1. The number of H-pyrrole nitrogens is 1. The third-order valence-corrected chi connectivity index (χ3v) is 1.79. The van der Waals surface area contributed by atoms with Gasteiger partial charge in [0.2, 0.25) is 0 Å². The number of aliphatic hydroxyl groups excluding tert-OH is 1. The van der Waals surface area contributed by atoms with Crippen molar-refractivity contribution in [2.75, 3.05) is 0 Å². The van der Waals surface area contributed by atoms with Gasteiger partial charge in [-0.3, -0.25) is 9.59 Å². The summed E-state index contributed by atoms with van der Waals surface area (Å²) < 4.78 is 37.3. The maximum absolute atomic E-state index is 12.4. The third-order valence-electron chi connectivity index (χ3n) is 1.79. The molecule has 1 aromatic rings. The molecule has 0 fully saturated rings. The normalized spacial score (nSPS) is 11.5. The molecule has 1 rings (SSSR count). The lowest BCUT2D eigenvalue weighted by molar-refractivity contribution is -0.141. The second kappa shape index (κ2) is 3.97. The van der Waals surface area contributed by atoms with Crippen LogP contribution in [0.5, 0.6) is 0 Å². The van der Waals surface area contributed by atoms with Gasteiger partial charge in [-0.25, -0.2) is 0 Å². The van der Waals surface area contributed by atoms with Gasteiger partial charge in [-0.2, -0.15) is 13.2 Å². The first kappa shape index (κ1) is 12.2. The van der Waals surface area contributed by atoms with Gasteiger partial charge in [0.25, 0.3) is 5.91 Å². The molecule has 88 valence electrons. The van der Waals surface area contributed by atoms with Crippen molar-refractivity contribution in [1.82, 2.24) is 4.98 Å². The van der Waals surface area contributed by atoms with Gasteiger partial charge in [0.05, 0.1) is 6.61 Å². The van der Waals surface area contributed by atoms with Crippen LogP contribution in [0.25, 0.3) is 0 Å². The van der Waals surface area contributed by atoms with E-state index in [9.17, 15) is 22.8 Å². The Morgan fingerprint density at radius 3 is 2.44 bits per heavy atom. The molecule has 5 nitrogen and oxygen atoms in total. The molecule has 0 atom stereocenters. The molecular formula is C8H7F3N2O3. The first-order valence-electron chi connectivity index (χ1n) is 4.01. The van der Waals surface area contributed by atoms with E-state index in [1.54, 1.807) is 4.98 Å². The average Bonchev–Trinajstić information content (AvgIpc) is 2.14. The van der Waals surface area contributed by atoms with E-state index in [0.29, 0.717) is 6.07 Å². The standard InChI is InChI=1S/C8H7F3N2O3/c9-8(10,11)6-5(7(12)16)4(15)1-3(2-14)13-6/h1,14H,2H2,(H2,12,16)(H,13,15). The summed E-state index contributed by atoms with van der Waals surface area (Å²) in [5.74, 6) is -1.47. The maximum Gasteiger partial charge on any atom is 0.432 e. The monoisotopic (exact) mass is 236 g/mol. The first-order valence-corrected chi connectivity index (χ1v) is 4.01. The number of alkyl halides is 3. The molecular weight excluding hydrogens is 229 g/mol. The number of nitrogens with one attached hydrogen (secondary N) is 1. The predicted octanol–water partition coefficient (Wildman–Crippen LogP) is -0.0151. The van der Waals surface area contributed by atoms with E-state index in [-0.39, 0.29) is 5.69 Å². The van der Waals surface area contributed by atoms with Crippen LogP contribution in [-0.2, 0) is 12.8 Å². The highest BCUT2D eigenvalue weighted by Gasteiger charge is 2.37. The number of amides is 1. The van der Waals surface area contributed by atoms with E-state index < -0.39 is 35.4 Å². The SMILES string of the molecule is NC(=O)c1c(C(F)(F)F)[nH]c(CO)cc1=O. The molecule has 0 bridgehead atoms. The van der Waals surface area contributed by atoms with Crippen molar-refractivity contribution < 1.29 is 23.1 Å².